The van der Waals surface area contributed by atoms with Crippen LogP contribution in [-0.2, 0) is 6.54 Å². The summed E-state index contributed by atoms with van der Waals surface area (Å²) in [6.07, 6.45) is 0. The van der Waals surface area contributed by atoms with Crippen molar-refractivity contribution in [1.29, 1.82) is 0 Å². The second-order valence-corrected chi connectivity index (χ2v) is 5.83. The molecule has 0 saturated heterocycles. The van der Waals surface area contributed by atoms with Gasteiger partial charge in [0.05, 0.1) is 0 Å². The third kappa shape index (κ3) is 3.46. The molecule has 0 aliphatic rings. The number of hydrogen-bond donors (Lipinski definition) is 0. The molecule has 0 atom stereocenters. The maximum atomic E-state index is 12.4. The fourth-order valence-corrected chi connectivity index (χ4v) is 2.49. The molecule has 0 saturated carbocycles. The highest BCUT2D eigenvalue weighted by Gasteiger charge is 2.13. The van der Waals surface area contributed by atoms with Gasteiger partial charge in [0.1, 0.15) is 6.54 Å². The van der Waals surface area contributed by atoms with E-state index in [2.05, 4.69) is 15.4 Å². The van der Waals surface area contributed by atoms with Crippen LogP contribution < -0.4 is 0 Å². The van der Waals surface area contributed by atoms with Crippen LogP contribution in [0, 0.1) is 13.8 Å². The van der Waals surface area contributed by atoms with E-state index >= 15 is 0 Å². The quantitative estimate of drug-likeness (QED) is 0.688. The third-order valence-corrected chi connectivity index (χ3v) is 3.75. The topological polar surface area (TPSA) is 60.7 Å². The highest BCUT2D eigenvalue weighted by atomic mass is 35.5. The van der Waals surface area contributed by atoms with Gasteiger partial charge in [0.2, 0.25) is 5.82 Å². The van der Waals surface area contributed by atoms with Gasteiger partial charge in [-0.15, -0.1) is 10.2 Å². The Morgan fingerprint density at radius 2 is 2.00 bits per heavy atom. The number of nitrogens with zero attached hydrogens (tertiary/aromatic N) is 4. The second-order valence-electron chi connectivity index (χ2n) is 5.40. The first-order valence-corrected chi connectivity index (χ1v) is 7.55. The molecule has 116 valence electrons. The van der Waals surface area contributed by atoms with E-state index in [9.17, 15) is 4.79 Å². The Balaban J connectivity index is 1.81. The summed E-state index contributed by atoms with van der Waals surface area (Å²) in [5, 5.41) is 12.8. The third-order valence-electron chi connectivity index (χ3n) is 3.51. The molecule has 0 unspecified atom stereocenters. The largest absolute Gasteiger partial charge is 0.292 e. The van der Waals surface area contributed by atoms with Crippen LogP contribution in [0.4, 0.5) is 0 Å². The first-order valence-electron chi connectivity index (χ1n) is 7.17. The van der Waals surface area contributed by atoms with Crippen molar-refractivity contribution in [2.24, 2.45) is 0 Å². The van der Waals surface area contributed by atoms with Gasteiger partial charge in [-0.1, -0.05) is 41.4 Å². The molecule has 0 N–H and O–H groups in total. The van der Waals surface area contributed by atoms with E-state index in [-0.39, 0.29) is 12.3 Å². The summed E-state index contributed by atoms with van der Waals surface area (Å²) in [6, 6.07) is 13.0. The second kappa shape index (κ2) is 6.30. The Morgan fingerprint density at radius 1 is 1.17 bits per heavy atom. The predicted octanol–water partition coefficient (Wildman–Crippen LogP) is 3.49. The lowest BCUT2D eigenvalue weighted by atomic mass is 10.0. The van der Waals surface area contributed by atoms with Crippen molar-refractivity contribution < 1.29 is 4.79 Å². The smallest absolute Gasteiger partial charge is 0.204 e. The van der Waals surface area contributed by atoms with E-state index < -0.39 is 0 Å². The molecule has 0 aliphatic carbocycles. The first-order chi connectivity index (χ1) is 11.0. The number of halogens is 1. The number of aryl methyl sites for hydroxylation is 2. The van der Waals surface area contributed by atoms with Gasteiger partial charge in [0.25, 0.3) is 0 Å². The number of hydrogen-bond acceptors (Lipinski definition) is 4. The van der Waals surface area contributed by atoms with Crippen LogP contribution in [0.1, 0.15) is 21.5 Å². The zero-order valence-electron chi connectivity index (χ0n) is 12.8. The molecule has 3 aromatic rings. The molecule has 6 heteroatoms. The molecule has 3 rings (SSSR count). The molecule has 0 amide bonds. The SMILES string of the molecule is Cc1ccc(C)c(C(=O)Cn2nnc(-c3cccc(Cl)c3)n2)c1. The number of tetrazole rings is 1. The Hall–Kier alpha value is -2.53. The van der Waals surface area contributed by atoms with Gasteiger partial charge < -0.3 is 0 Å². The highest BCUT2D eigenvalue weighted by Crippen LogP contribution is 2.18. The molecule has 5 nitrogen and oxygen atoms in total. The van der Waals surface area contributed by atoms with Crippen molar-refractivity contribution in [1.82, 2.24) is 20.2 Å². The van der Waals surface area contributed by atoms with E-state index in [0.717, 1.165) is 16.7 Å². The van der Waals surface area contributed by atoms with Crippen LogP contribution in [0.5, 0.6) is 0 Å². The van der Waals surface area contributed by atoms with Gasteiger partial charge in [-0.2, -0.15) is 4.80 Å². The van der Waals surface area contributed by atoms with Crippen molar-refractivity contribution in [3.8, 4) is 11.4 Å². The van der Waals surface area contributed by atoms with E-state index in [4.69, 9.17) is 11.6 Å². The Morgan fingerprint density at radius 3 is 2.78 bits per heavy atom. The monoisotopic (exact) mass is 326 g/mol. The zero-order valence-corrected chi connectivity index (χ0v) is 13.6. The van der Waals surface area contributed by atoms with Crippen LogP contribution in [0.3, 0.4) is 0 Å². The Kier molecular flexibility index (Phi) is 4.21. The first kappa shape index (κ1) is 15.4. The number of benzene rings is 2. The molecular weight excluding hydrogens is 312 g/mol. The van der Waals surface area contributed by atoms with E-state index in [0.29, 0.717) is 16.4 Å². The van der Waals surface area contributed by atoms with Gasteiger partial charge in [-0.25, -0.2) is 0 Å². The van der Waals surface area contributed by atoms with Crippen molar-refractivity contribution >= 4 is 17.4 Å². The molecule has 0 aliphatic heterocycles. The summed E-state index contributed by atoms with van der Waals surface area (Å²) in [5.74, 6) is 0.405. The van der Waals surface area contributed by atoms with Crippen LogP contribution in [-0.4, -0.2) is 26.0 Å². The minimum absolute atomic E-state index is 0.0405. The number of carbonyl (C=O) groups is 1. The van der Waals surface area contributed by atoms with Gasteiger partial charge in [0, 0.05) is 16.1 Å². The fraction of sp³-hybridized carbons (Fsp3) is 0.176. The maximum Gasteiger partial charge on any atom is 0.204 e. The van der Waals surface area contributed by atoms with E-state index in [1.807, 2.05) is 44.2 Å². The molecule has 0 fully saturated rings. The molecule has 0 spiro atoms. The van der Waals surface area contributed by atoms with E-state index in [1.54, 1.807) is 12.1 Å². The predicted molar refractivity (Wildman–Crippen MR) is 88.5 cm³/mol. The van der Waals surface area contributed by atoms with Gasteiger partial charge in [-0.3, -0.25) is 4.79 Å². The summed E-state index contributed by atoms with van der Waals surface area (Å²) in [4.78, 5) is 13.7. The molecule has 0 radical (unpaired) electrons. The summed E-state index contributed by atoms with van der Waals surface area (Å²) in [6.45, 7) is 3.93. The number of rotatable bonds is 4. The van der Waals surface area contributed by atoms with Gasteiger partial charge in [-0.05, 0) is 42.8 Å². The van der Waals surface area contributed by atoms with Crippen LogP contribution in [0.2, 0.25) is 5.02 Å². The lowest BCUT2D eigenvalue weighted by molar-refractivity contribution is 0.0960. The maximum absolute atomic E-state index is 12.4. The highest BCUT2D eigenvalue weighted by molar-refractivity contribution is 6.30. The Bertz CT molecular complexity index is 873. The minimum Gasteiger partial charge on any atom is -0.292 e. The summed E-state index contributed by atoms with van der Waals surface area (Å²) >= 11 is 5.96. The molecule has 0 bridgehead atoms. The average Bonchev–Trinajstić information content (AvgIpc) is 2.98. The van der Waals surface area contributed by atoms with E-state index in [1.165, 1.54) is 4.80 Å². The molecule has 2 aromatic carbocycles. The van der Waals surface area contributed by atoms with Crippen LogP contribution >= 0.6 is 11.6 Å². The summed E-state index contributed by atoms with van der Waals surface area (Å²) in [7, 11) is 0. The van der Waals surface area contributed by atoms with Crippen LogP contribution in [0.15, 0.2) is 42.5 Å². The minimum atomic E-state index is -0.0405. The van der Waals surface area contributed by atoms with Crippen molar-refractivity contribution in [3.63, 3.8) is 0 Å². The number of Topliss-reactive ketones (excluding diaryl/α,β-unsaturated/α-hetero) is 1. The molecule has 23 heavy (non-hydrogen) atoms. The summed E-state index contributed by atoms with van der Waals surface area (Å²) < 4.78 is 0. The number of carbonyl (C=O) groups excluding carboxylic acids is 1. The zero-order chi connectivity index (χ0) is 16.4. The Labute approximate surface area is 138 Å². The van der Waals surface area contributed by atoms with Crippen molar-refractivity contribution in [3.05, 3.63) is 64.2 Å². The van der Waals surface area contributed by atoms with Gasteiger partial charge in [0.15, 0.2) is 5.78 Å². The van der Waals surface area contributed by atoms with Gasteiger partial charge >= 0.3 is 0 Å². The average molecular weight is 327 g/mol. The normalized spacial score (nSPS) is 10.7. The lowest BCUT2D eigenvalue weighted by Gasteiger charge is -2.05. The lowest BCUT2D eigenvalue weighted by Crippen LogP contribution is -2.14. The number of ketones is 1. The van der Waals surface area contributed by atoms with Crippen molar-refractivity contribution in [2.75, 3.05) is 0 Å². The fourth-order valence-electron chi connectivity index (χ4n) is 2.30. The molecule has 1 heterocycles. The molecular formula is C17H15ClN4O. The number of aromatic nitrogens is 4. The van der Waals surface area contributed by atoms with Crippen LogP contribution in [0.25, 0.3) is 11.4 Å². The van der Waals surface area contributed by atoms with Crippen molar-refractivity contribution in [2.45, 2.75) is 20.4 Å². The molecule has 1 aromatic heterocycles. The standard InChI is InChI=1S/C17H15ClN4O/c1-11-6-7-12(2)15(8-11)16(23)10-22-20-17(19-21-22)13-4-3-5-14(18)9-13/h3-9H,10H2,1-2H3. The summed E-state index contributed by atoms with van der Waals surface area (Å²) in [5.41, 5.74) is 3.44.